The number of halogens is 1. The second-order valence-corrected chi connectivity index (χ2v) is 4.33. The Bertz CT molecular complexity index is 754. The van der Waals surface area contributed by atoms with E-state index in [0.717, 1.165) is 30.3 Å². The molecule has 8 heteroatoms. The molecule has 0 amide bonds. The minimum Gasteiger partial charge on any atom is -0.508 e. The first-order chi connectivity index (χ1) is 10.3. The van der Waals surface area contributed by atoms with Crippen molar-refractivity contribution in [1.29, 1.82) is 0 Å². The van der Waals surface area contributed by atoms with Crippen LogP contribution in [0.15, 0.2) is 30.3 Å². The van der Waals surface area contributed by atoms with Gasteiger partial charge in [-0.25, -0.2) is 4.39 Å². The van der Waals surface area contributed by atoms with Gasteiger partial charge >= 0.3 is 5.69 Å². The van der Waals surface area contributed by atoms with E-state index >= 15 is 0 Å². The van der Waals surface area contributed by atoms with Crippen molar-refractivity contribution in [2.24, 2.45) is 0 Å². The largest absolute Gasteiger partial charge is 0.508 e. The Hall–Kier alpha value is -3.16. The Morgan fingerprint density at radius 2 is 1.82 bits per heavy atom. The highest BCUT2D eigenvalue weighted by Crippen LogP contribution is 2.37. The minimum absolute atomic E-state index is 0.189. The molecule has 0 aliphatic heterocycles. The molecule has 0 aromatic heterocycles. The predicted octanol–water partition coefficient (Wildman–Crippen LogP) is 2.38. The molecule has 0 atom stereocenters. The first kappa shape index (κ1) is 15.2. The molecule has 0 heterocycles. The summed E-state index contributed by atoms with van der Waals surface area (Å²) in [7, 11) is 1.17. The first-order valence-corrected chi connectivity index (χ1v) is 5.93. The van der Waals surface area contributed by atoms with Gasteiger partial charge in [-0.15, -0.1) is 0 Å². The van der Waals surface area contributed by atoms with Crippen LogP contribution in [0.5, 0.6) is 17.2 Å². The fourth-order valence-electron chi connectivity index (χ4n) is 1.89. The number of carbonyl (C=O) groups is 1. The lowest BCUT2D eigenvalue weighted by atomic mass is 10.0. The highest BCUT2D eigenvalue weighted by molar-refractivity contribution is 6.10. The molecule has 2 aromatic carbocycles. The summed E-state index contributed by atoms with van der Waals surface area (Å²) in [6, 6.07) is 4.66. The Balaban J connectivity index is 2.58. The summed E-state index contributed by atoms with van der Waals surface area (Å²) in [6.07, 6.45) is 0. The van der Waals surface area contributed by atoms with Crippen molar-refractivity contribution in [3.05, 3.63) is 57.4 Å². The predicted molar refractivity (Wildman–Crippen MR) is 72.8 cm³/mol. The zero-order valence-corrected chi connectivity index (χ0v) is 11.2. The van der Waals surface area contributed by atoms with E-state index in [-0.39, 0.29) is 16.9 Å². The lowest BCUT2D eigenvalue weighted by Gasteiger charge is -2.07. The van der Waals surface area contributed by atoms with Crippen LogP contribution in [-0.4, -0.2) is 28.0 Å². The lowest BCUT2D eigenvalue weighted by molar-refractivity contribution is -0.386. The quantitative estimate of drug-likeness (QED) is 0.510. The number of nitrogens with zero attached hydrogens (tertiary/aromatic N) is 1. The number of phenolic OH excluding ortho intramolecular Hbond substituents is 2. The van der Waals surface area contributed by atoms with Gasteiger partial charge in [0.25, 0.3) is 0 Å². The van der Waals surface area contributed by atoms with Gasteiger partial charge in [-0.3, -0.25) is 14.9 Å². The molecule has 7 nitrogen and oxygen atoms in total. The number of aromatic hydroxyl groups is 2. The highest BCUT2D eigenvalue weighted by Gasteiger charge is 2.23. The Kier molecular flexibility index (Phi) is 3.93. The van der Waals surface area contributed by atoms with Crippen LogP contribution in [-0.2, 0) is 0 Å². The van der Waals surface area contributed by atoms with Crippen molar-refractivity contribution < 1.29 is 29.1 Å². The molecule has 2 rings (SSSR count). The van der Waals surface area contributed by atoms with Crippen molar-refractivity contribution in [3.8, 4) is 17.2 Å². The van der Waals surface area contributed by atoms with Crippen LogP contribution in [0.4, 0.5) is 10.1 Å². The molecule has 0 fully saturated rings. The Morgan fingerprint density at radius 1 is 1.18 bits per heavy atom. The summed E-state index contributed by atoms with van der Waals surface area (Å²) in [5, 5.41) is 29.8. The molecule has 0 spiro atoms. The van der Waals surface area contributed by atoms with Crippen LogP contribution < -0.4 is 4.74 Å². The Labute approximate surface area is 123 Å². The van der Waals surface area contributed by atoms with E-state index in [4.69, 9.17) is 4.74 Å². The number of hydrogen-bond donors (Lipinski definition) is 2. The number of rotatable bonds is 4. The number of ether oxygens (including phenoxy) is 1. The summed E-state index contributed by atoms with van der Waals surface area (Å²) in [6.45, 7) is 0. The number of ketones is 1. The van der Waals surface area contributed by atoms with E-state index in [1.54, 1.807) is 0 Å². The topological polar surface area (TPSA) is 110 Å². The molecule has 0 unspecified atom stereocenters. The number of benzene rings is 2. The van der Waals surface area contributed by atoms with E-state index < -0.39 is 33.7 Å². The molecule has 2 N–H and O–H groups in total. The third kappa shape index (κ3) is 2.80. The van der Waals surface area contributed by atoms with Crippen LogP contribution >= 0.6 is 0 Å². The maximum absolute atomic E-state index is 13.2. The monoisotopic (exact) mass is 307 g/mol. The Morgan fingerprint density at radius 3 is 2.36 bits per heavy atom. The number of phenols is 2. The van der Waals surface area contributed by atoms with Gasteiger partial charge in [0.15, 0.2) is 11.5 Å². The summed E-state index contributed by atoms with van der Waals surface area (Å²) in [5.74, 6) is -3.03. The van der Waals surface area contributed by atoms with Gasteiger partial charge in [-0.1, -0.05) is 0 Å². The zero-order valence-electron chi connectivity index (χ0n) is 11.2. The second-order valence-electron chi connectivity index (χ2n) is 4.33. The summed E-state index contributed by atoms with van der Waals surface area (Å²) in [5.41, 5.74) is -1.10. The van der Waals surface area contributed by atoms with Gasteiger partial charge in [0.2, 0.25) is 5.75 Å². The molecule has 2 aromatic rings. The van der Waals surface area contributed by atoms with Crippen LogP contribution in [0.1, 0.15) is 15.9 Å². The van der Waals surface area contributed by atoms with E-state index in [1.165, 1.54) is 7.11 Å². The molecular weight excluding hydrogens is 297 g/mol. The van der Waals surface area contributed by atoms with Crippen molar-refractivity contribution >= 4 is 11.5 Å². The van der Waals surface area contributed by atoms with Gasteiger partial charge in [0.05, 0.1) is 12.0 Å². The fraction of sp³-hybridized carbons (Fsp3) is 0.0714. The third-order valence-electron chi connectivity index (χ3n) is 2.88. The van der Waals surface area contributed by atoms with Gasteiger partial charge in [-0.05, 0) is 18.2 Å². The zero-order chi connectivity index (χ0) is 16.4. The van der Waals surface area contributed by atoms with Gasteiger partial charge in [0, 0.05) is 23.3 Å². The maximum atomic E-state index is 13.2. The smallest absolute Gasteiger partial charge is 0.315 e. The minimum atomic E-state index is -0.877. The van der Waals surface area contributed by atoms with E-state index in [9.17, 15) is 29.5 Å². The molecule has 0 bridgehead atoms. The van der Waals surface area contributed by atoms with Crippen molar-refractivity contribution in [1.82, 2.24) is 0 Å². The van der Waals surface area contributed by atoms with Crippen LogP contribution in [0.2, 0.25) is 0 Å². The number of methoxy groups -OCH3 is 1. The molecule has 114 valence electrons. The third-order valence-corrected chi connectivity index (χ3v) is 2.88. The summed E-state index contributed by atoms with van der Waals surface area (Å²) < 4.78 is 18.0. The van der Waals surface area contributed by atoms with Crippen LogP contribution in [0, 0.1) is 15.9 Å². The molecule has 0 aliphatic carbocycles. The molecule has 0 saturated carbocycles. The SMILES string of the molecule is COc1cc(C(=O)c2cc(O)cc(F)c2)cc([N+](=O)[O-])c1O. The standard InChI is InChI=1S/C14H10FNO6/c1-22-12-5-8(4-11(14(12)19)16(20)21)13(18)7-2-9(15)6-10(17)3-7/h2-6,17,19H,1H3. The number of hydrogen-bond acceptors (Lipinski definition) is 6. The molecule has 0 aliphatic rings. The van der Waals surface area contributed by atoms with Crippen LogP contribution in [0.25, 0.3) is 0 Å². The van der Waals surface area contributed by atoms with Crippen molar-refractivity contribution in [2.45, 2.75) is 0 Å². The molecule has 22 heavy (non-hydrogen) atoms. The molecule has 0 radical (unpaired) electrons. The normalized spacial score (nSPS) is 10.3. The number of nitro groups is 1. The second kappa shape index (κ2) is 5.68. The van der Waals surface area contributed by atoms with Gasteiger partial charge < -0.3 is 14.9 Å². The number of carbonyl (C=O) groups excluding carboxylic acids is 1. The summed E-state index contributed by atoms with van der Waals surface area (Å²) >= 11 is 0. The van der Waals surface area contributed by atoms with Crippen LogP contribution in [0.3, 0.4) is 0 Å². The van der Waals surface area contributed by atoms with E-state index in [1.807, 2.05) is 0 Å². The summed E-state index contributed by atoms with van der Waals surface area (Å²) in [4.78, 5) is 22.3. The van der Waals surface area contributed by atoms with Gasteiger partial charge in [-0.2, -0.15) is 0 Å². The first-order valence-electron chi connectivity index (χ1n) is 5.93. The molecular formula is C14H10FNO6. The van der Waals surface area contributed by atoms with Gasteiger partial charge in [0.1, 0.15) is 11.6 Å². The van der Waals surface area contributed by atoms with E-state index in [0.29, 0.717) is 0 Å². The number of nitro benzene ring substituents is 1. The fourth-order valence-corrected chi connectivity index (χ4v) is 1.89. The van der Waals surface area contributed by atoms with Crippen molar-refractivity contribution in [3.63, 3.8) is 0 Å². The van der Waals surface area contributed by atoms with E-state index in [2.05, 4.69) is 0 Å². The maximum Gasteiger partial charge on any atom is 0.315 e. The molecule has 0 saturated heterocycles. The highest BCUT2D eigenvalue weighted by atomic mass is 19.1. The lowest BCUT2D eigenvalue weighted by Crippen LogP contribution is -2.04. The average Bonchev–Trinajstić information content (AvgIpc) is 2.45. The average molecular weight is 307 g/mol. The van der Waals surface area contributed by atoms with Crippen molar-refractivity contribution in [2.75, 3.05) is 7.11 Å².